The summed E-state index contributed by atoms with van der Waals surface area (Å²) in [4.78, 5) is 2.88. The van der Waals surface area contributed by atoms with E-state index in [1.807, 2.05) is 0 Å². The molecule has 0 aliphatic heterocycles. The molecular formula is C6H4BF5KNO. The first-order chi connectivity index (χ1) is 6.39. The van der Waals surface area contributed by atoms with Crippen LogP contribution in [0.25, 0.3) is 0 Å². The van der Waals surface area contributed by atoms with Crippen molar-refractivity contribution >= 4 is 12.6 Å². The third-order valence-corrected chi connectivity index (χ3v) is 1.29. The van der Waals surface area contributed by atoms with Crippen molar-refractivity contribution < 1.29 is 77.8 Å². The van der Waals surface area contributed by atoms with Crippen molar-refractivity contribution in [1.29, 1.82) is 0 Å². The van der Waals surface area contributed by atoms with E-state index in [0.29, 0.717) is 6.07 Å². The second kappa shape index (κ2) is 6.14. The third-order valence-electron chi connectivity index (χ3n) is 1.29. The van der Waals surface area contributed by atoms with Crippen LogP contribution < -0.4 is 61.7 Å². The van der Waals surface area contributed by atoms with Gasteiger partial charge in [0, 0.05) is 6.07 Å². The first kappa shape index (κ1) is 15.3. The number of nitrogens with zero attached hydrogens (tertiary/aromatic N) is 1. The minimum absolute atomic E-state index is 0. The summed E-state index contributed by atoms with van der Waals surface area (Å²) < 4.78 is 63.1. The van der Waals surface area contributed by atoms with E-state index in [1.54, 1.807) is 0 Å². The van der Waals surface area contributed by atoms with Gasteiger partial charge in [-0.3, -0.25) is 4.98 Å². The standard InChI is InChI=1S/C6H4BF5NO.K/c8-6(9)14-5-3-1-2-4(13-5)7(10,11)12;/h1-3,6H;/q-1;+1. The molecule has 0 amide bonds. The Hall–Kier alpha value is 0.301. The number of alkyl halides is 2. The smallest absolute Gasteiger partial charge is 0.444 e. The molecule has 1 aromatic heterocycles. The second-order valence-electron chi connectivity index (χ2n) is 2.35. The average molecular weight is 251 g/mol. The summed E-state index contributed by atoms with van der Waals surface area (Å²) in [6, 6.07) is 2.57. The quantitative estimate of drug-likeness (QED) is 0.494. The maximum atomic E-state index is 12.1. The van der Waals surface area contributed by atoms with Crippen molar-refractivity contribution in [3.05, 3.63) is 18.2 Å². The zero-order valence-electron chi connectivity index (χ0n) is 7.63. The molecule has 1 rings (SSSR count). The second-order valence-corrected chi connectivity index (χ2v) is 2.35. The van der Waals surface area contributed by atoms with E-state index < -0.39 is 25.1 Å². The molecule has 1 aromatic rings. The molecule has 0 N–H and O–H groups in total. The van der Waals surface area contributed by atoms with Gasteiger partial charge in [0.05, 0.1) is 0 Å². The van der Waals surface area contributed by atoms with Crippen LogP contribution in [0.4, 0.5) is 21.7 Å². The predicted molar refractivity (Wildman–Crippen MR) is 39.6 cm³/mol. The van der Waals surface area contributed by atoms with Crippen LogP contribution in [0.2, 0.25) is 0 Å². The fourth-order valence-electron chi connectivity index (χ4n) is 0.770. The van der Waals surface area contributed by atoms with Gasteiger partial charge < -0.3 is 17.7 Å². The van der Waals surface area contributed by atoms with E-state index in [2.05, 4.69) is 9.72 Å². The summed E-state index contributed by atoms with van der Waals surface area (Å²) in [7, 11) is 0. The number of aromatic nitrogens is 1. The van der Waals surface area contributed by atoms with Gasteiger partial charge >= 0.3 is 65.0 Å². The number of pyridine rings is 1. The summed E-state index contributed by atoms with van der Waals surface area (Å²) in [6.45, 7) is -8.47. The maximum absolute atomic E-state index is 12.1. The molecule has 0 aliphatic rings. The van der Waals surface area contributed by atoms with E-state index in [4.69, 9.17) is 0 Å². The maximum Gasteiger partial charge on any atom is 1.00 e. The van der Waals surface area contributed by atoms with Crippen LogP contribution in [0, 0.1) is 0 Å². The summed E-state index contributed by atoms with van der Waals surface area (Å²) in [5.74, 6) is -0.739. The fraction of sp³-hybridized carbons (Fsp3) is 0.167. The Balaban J connectivity index is 0.00000196. The Morgan fingerprint density at radius 3 is 2.27 bits per heavy atom. The monoisotopic (exact) mass is 251 g/mol. The summed E-state index contributed by atoms with van der Waals surface area (Å²) in [5.41, 5.74) is -1.21. The van der Waals surface area contributed by atoms with Crippen LogP contribution in [0.15, 0.2) is 18.2 Å². The molecule has 15 heavy (non-hydrogen) atoms. The SMILES string of the molecule is FC(F)Oc1cccc([B-](F)(F)F)n1.[K+]. The molecule has 0 saturated carbocycles. The van der Waals surface area contributed by atoms with Gasteiger partial charge in [-0.15, -0.1) is 0 Å². The average Bonchev–Trinajstić information content (AvgIpc) is 2.01. The van der Waals surface area contributed by atoms with Gasteiger partial charge in [0.2, 0.25) is 5.88 Å². The van der Waals surface area contributed by atoms with Crippen LogP contribution in [-0.4, -0.2) is 18.6 Å². The normalized spacial score (nSPS) is 11.1. The Bertz CT molecular complexity index is 321. The molecule has 0 bridgehead atoms. The molecule has 0 atom stereocenters. The molecule has 2 nitrogen and oxygen atoms in total. The van der Waals surface area contributed by atoms with Gasteiger partial charge in [0.15, 0.2) is 0 Å². The van der Waals surface area contributed by atoms with Crippen LogP contribution in [0.3, 0.4) is 0 Å². The van der Waals surface area contributed by atoms with E-state index >= 15 is 0 Å². The van der Waals surface area contributed by atoms with E-state index in [1.165, 1.54) is 0 Å². The van der Waals surface area contributed by atoms with Gasteiger partial charge in [-0.05, 0) is 5.59 Å². The van der Waals surface area contributed by atoms with E-state index in [-0.39, 0.29) is 51.4 Å². The van der Waals surface area contributed by atoms with Gasteiger partial charge in [-0.25, -0.2) is 0 Å². The van der Waals surface area contributed by atoms with Crippen molar-refractivity contribution in [2.75, 3.05) is 0 Å². The number of ether oxygens (including phenoxy) is 1. The molecule has 0 fully saturated rings. The Labute approximate surface area is 125 Å². The van der Waals surface area contributed by atoms with Crippen molar-refractivity contribution in [2.24, 2.45) is 0 Å². The third kappa shape index (κ3) is 5.25. The zero-order chi connectivity index (χ0) is 10.8. The molecule has 0 aromatic carbocycles. The van der Waals surface area contributed by atoms with Gasteiger partial charge in [0.25, 0.3) is 0 Å². The Morgan fingerprint density at radius 2 is 1.80 bits per heavy atom. The van der Waals surface area contributed by atoms with E-state index in [9.17, 15) is 21.7 Å². The Kier molecular flexibility index (Phi) is 6.26. The number of hydrogen-bond acceptors (Lipinski definition) is 2. The predicted octanol–water partition coefficient (Wildman–Crippen LogP) is -1.26. The first-order valence-electron chi connectivity index (χ1n) is 3.51. The van der Waals surface area contributed by atoms with Crippen LogP contribution in [0.5, 0.6) is 5.88 Å². The zero-order valence-corrected chi connectivity index (χ0v) is 10.8. The molecule has 78 valence electrons. The molecular weight excluding hydrogens is 247 g/mol. The van der Waals surface area contributed by atoms with Crippen molar-refractivity contribution in [1.82, 2.24) is 4.98 Å². The Morgan fingerprint density at radius 1 is 1.20 bits per heavy atom. The number of rotatable bonds is 3. The van der Waals surface area contributed by atoms with Crippen molar-refractivity contribution in [2.45, 2.75) is 6.61 Å². The number of halogens is 5. The molecule has 0 spiro atoms. The van der Waals surface area contributed by atoms with Gasteiger partial charge in [-0.2, -0.15) is 8.78 Å². The van der Waals surface area contributed by atoms with Gasteiger partial charge in [0.1, 0.15) is 0 Å². The molecule has 9 heteroatoms. The van der Waals surface area contributed by atoms with Crippen molar-refractivity contribution in [3.8, 4) is 5.88 Å². The minimum Gasteiger partial charge on any atom is -0.444 e. The summed E-state index contributed by atoms with van der Waals surface area (Å²) in [5, 5.41) is 0. The largest absolute Gasteiger partial charge is 1.00 e. The van der Waals surface area contributed by atoms with E-state index in [0.717, 1.165) is 12.1 Å². The number of hydrogen-bond donors (Lipinski definition) is 0. The van der Waals surface area contributed by atoms with Crippen LogP contribution in [-0.2, 0) is 0 Å². The molecule has 0 aliphatic carbocycles. The molecule has 1 heterocycles. The first-order valence-corrected chi connectivity index (χ1v) is 3.51. The minimum atomic E-state index is -5.29. The van der Waals surface area contributed by atoms with Gasteiger partial charge in [-0.1, -0.05) is 12.1 Å². The topological polar surface area (TPSA) is 22.1 Å². The molecule has 0 saturated heterocycles. The fourth-order valence-corrected chi connectivity index (χ4v) is 0.770. The molecule has 0 radical (unpaired) electrons. The summed E-state index contributed by atoms with van der Waals surface area (Å²) >= 11 is 0. The van der Waals surface area contributed by atoms with Crippen LogP contribution >= 0.6 is 0 Å². The van der Waals surface area contributed by atoms with Crippen LogP contribution in [0.1, 0.15) is 0 Å². The summed E-state index contributed by atoms with van der Waals surface area (Å²) in [6.07, 6.45) is 0. The van der Waals surface area contributed by atoms with Crippen molar-refractivity contribution in [3.63, 3.8) is 0 Å². The molecule has 0 unspecified atom stereocenters.